The first-order chi connectivity index (χ1) is 9.78. The van der Waals surface area contributed by atoms with Crippen molar-refractivity contribution in [3.8, 4) is 5.75 Å². The molecule has 0 radical (unpaired) electrons. The van der Waals surface area contributed by atoms with Crippen LogP contribution >= 0.6 is 11.6 Å². The number of hydrogen-bond donors (Lipinski definition) is 1. The van der Waals surface area contributed by atoms with Crippen LogP contribution in [-0.4, -0.2) is 22.9 Å². The molecule has 0 aliphatic carbocycles. The average molecular weight is 294 g/mol. The van der Waals surface area contributed by atoms with E-state index >= 15 is 0 Å². The predicted molar refractivity (Wildman–Crippen MR) is 81.2 cm³/mol. The Morgan fingerprint density at radius 1 is 1.30 bits per heavy atom. The second kappa shape index (κ2) is 7.92. The summed E-state index contributed by atoms with van der Waals surface area (Å²) in [6.07, 6.45) is 4.56. The van der Waals surface area contributed by atoms with E-state index in [1.807, 2.05) is 12.1 Å². The zero-order valence-corrected chi connectivity index (χ0v) is 12.4. The van der Waals surface area contributed by atoms with Gasteiger partial charge in [0.1, 0.15) is 12.4 Å². The van der Waals surface area contributed by atoms with Gasteiger partial charge in [-0.05, 0) is 30.7 Å². The highest BCUT2D eigenvalue weighted by atomic mass is 35.5. The number of halogens is 1. The van der Waals surface area contributed by atoms with Crippen molar-refractivity contribution >= 4 is 11.6 Å². The third-order valence-electron chi connectivity index (χ3n) is 2.87. The Kier molecular flexibility index (Phi) is 5.89. The van der Waals surface area contributed by atoms with Crippen LogP contribution < -0.4 is 10.1 Å². The summed E-state index contributed by atoms with van der Waals surface area (Å²) in [6.45, 7) is 5.37. The molecule has 2 aromatic rings. The van der Waals surface area contributed by atoms with Crippen LogP contribution in [0, 0.1) is 0 Å². The maximum absolute atomic E-state index is 5.80. The van der Waals surface area contributed by atoms with E-state index in [0.717, 1.165) is 25.3 Å². The zero-order chi connectivity index (χ0) is 14.2. The summed E-state index contributed by atoms with van der Waals surface area (Å²) in [7, 11) is 0. The summed E-state index contributed by atoms with van der Waals surface area (Å²) >= 11 is 5.80. The number of aromatic nitrogens is 2. The molecular formula is C15H20ClN3O. The molecule has 20 heavy (non-hydrogen) atoms. The Labute approximate surface area is 124 Å². The first-order valence-electron chi connectivity index (χ1n) is 6.88. The molecule has 0 aliphatic heterocycles. The number of ether oxygens (including phenoxy) is 1. The van der Waals surface area contributed by atoms with Crippen LogP contribution in [0.15, 0.2) is 36.7 Å². The van der Waals surface area contributed by atoms with Gasteiger partial charge in [-0.3, -0.25) is 4.68 Å². The normalized spacial score (nSPS) is 10.7. The van der Waals surface area contributed by atoms with Gasteiger partial charge in [-0.1, -0.05) is 30.7 Å². The van der Waals surface area contributed by atoms with Crippen LogP contribution in [0.25, 0.3) is 0 Å². The molecule has 1 aromatic heterocycles. The number of benzene rings is 1. The van der Waals surface area contributed by atoms with Crippen molar-refractivity contribution in [1.82, 2.24) is 15.1 Å². The van der Waals surface area contributed by atoms with E-state index in [-0.39, 0.29) is 0 Å². The number of hydrogen-bond acceptors (Lipinski definition) is 3. The summed E-state index contributed by atoms with van der Waals surface area (Å²) in [6, 6.07) is 8.17. The number of nitrogens with zero attached hydrogens (tertiary/aromatic N) is 2. The van der Waals surface area contributed by atoms with Gasteiger partial charge in [0.05, 0.1) is 17.8 Å². The highest BCUT2D eigenvalue weighted by Crippen LogP contribution is 2.12. The molecule has 108 valence electrons. The van der Waals surface area contributed by atoms with E-state index in [9.17, 15) is 0 Å². The lowest BCUT2D eigenvalue weighted by molar-refractivity contribution is 0.291. The highest BCUT2D eigenvalue weighted by Gasteiger charge is 1.98. The molecule has 0 aliphatic rings. The van der Waals surface area contributed by atoms with E-state index in [1.54, 1.807) is 17.1 Å². The molecule has 1 aromatic carbocycles. The van der Waals surface area contributed by atoms with E-state index in [1.165, 1.54) is 5.56 Å². The fraction of sp³-hybridized carbons (Fsp3) is 0.400. The Morgan fingerprint density at radius 3 is 2.75 bits per heavy atom. The molecule has 5 heteroatoms. The summed E-state index contributed by atoms with van der Waals surface area (Å²) in [5.41, 5.74) is 1.27. The van der Waals surface area contributed by atoms with Crippen molar-refractivity contribution < 1.29 is 4.74 Å². The maximum atomic E-state index is 5.80. The van der Waals surface area contributed by atoms with Gasteiger partial charge in [0, 0.05) is 12.7 Å². The van der Waals surface area contributed by atoms with Crippen molar-refractivity contribution in [1.29, 1.82) is 0 Å². The van der Waals surface area contributed by atoms with Crippen LogP contribution in [0.4, 0.5) is 0 Å². The SMILES string of the molecule is CCCNCc1ccc(OCCn2cc(Cl)cn2)cc1. The Hall–Kier alpha value is -1.52. The Morgan fingerprint density at radius 2 is 2.10 bits per heavy atom. The molecule has 1 N–H and O–H groups in total. The minimum absolute atomic E-state index is 0.575. The third kappa shape index (κ3) is 4.87. The minimum atomic E-state index is 0.575. The maximum Gasteiger partial charge on any atom is 0.119 e. The second-order valence-corrected chi connectivity index (χ2v) is 5.03. The van der Waals surface area contributed by atoms with Crippen LogP contribution in [0.2, 0.25) is 5.02 Å². The lowest BCUT2D eigenvalue weighted by atomic mass is 10.2. The smallest absolute Gasteiger partial charge is 0.119 e. The zero-order valence-electron chi connectivity index (χ0n) is 11.7. The van der Waals surface area contributed by atoms with E-state index < -0.39 is 0 Å². The third-order valence-corrected chi connectivity index (χ3v) is 3.07. The summed E-state index contributed by atoms with van der Waals surface area (Å²) in [5.74, 6) is 0.877. The van der Waals surface area contributed by atoms with Crippen LogP contribution in [0.1, 0.15) is 18.9 Å². The van der Waals surface area contributed by atoms with E-state index in [2.05, 4.69) is 29.5 Å². The molecule has 0 bridgehead atoms. The molecule has 0 unspecified atom stereocenters. The van der Waals surface area contributed by atoms with Gasteiger partial charge >= 0.3 is 0 Å². The van der Waals surface area contributed by atoms with Gasteiger partial charge in [0.2, 0.25) is 0 Å². The highest BCUT2D eigenvalue weighted by molar-refractivity contribution is 6.30. The molecule has 0 spiro atoms. The number of nitrogens with one attached hydrogen (secondary N) is 1. The minimum Gasteiger partial charge on any atom is -0.492 e. The van der Waals surface area contributed by atoms with Gasteiger partial charge in [-0.2, -0.15) is 5.10 Å². The van der Waals surface area contributed by atoms with Gasteiger partial charge < -0.3 is 10.1 Å². The van der Waals surface area contributed by atoms with Gasteiger partial charge in [-0.15, -0.1) is 0 Å². The van der Waals surface area contributed by atoms with Crippen LogP contribution in [0.5, 0.6) is 5.75 Å². The monoisotopic (exact) mass is 293 g/mol. The van der Waals surface area contributed by atoms with E-state index in [4.69, 9.17) is 16.3 Å². The molecule has 0 atom stereocenters. The van der Waals surface area contributed by atoms with Crippen molar-refractivity contribution in [2.45, 2.75) is 26.4 Å². The molecule has 1 heterocycles. The van der Waals surface area contributed by atoms with Gasteiger partial charge in [-0.25, -0.2) is 0 Å². The predicted octanol–water partition coefficient (Wildman–Crippen LogP) is 3.12. The molecule has 4 nitrogen and oxygen atoms in total. The van der Waals surface area contributed by atoms with Crippen LogP contribution in [-0.2, 0) is 13.1 Å². The van der Waals surface area contributed by atoms with Gasteiger partial charge in [0.15, 0.2) is 0 Å². The molecule has 0 amide bonds. The summed E-state index contributed by atoms with van der Waals surface area (Å²) < 4.78 is 7.44. The molecule has 0 fully saturated rings. The standard InChI is InChI=1S/C15H20ClN3O/c1-2-7-17-10-13-3-5-15(6-4-13)20-9-8-19-12-14(16)11-18-19/h3-6,11-12,17H,2,7-10H2,1H3. The first kappa shape index (κ1) is 14.9. The Bertz CT molecular complexity index is 510. The van der Waals surface area contributed by atoms with Gasteiger partial charge in [0.25, 0.3) is 0 Å². The van der Waals surface area contributed by atoms with Crippen molar-refractivity contribution in [3.63, 3.8) is 0 Å². The van der Waals surface area contributed by atoms with E-state index in [0.29, 0.717) is 18.2 Å². The second-order valence-electron chi connectivity index (χ2n) is 4.59. The van der Waals surface area contributed by atoms with Crippen LogP contribution in [0.3, 0.4) is 0 Å². The quantitative estimate of drug-likeness (QED) is 0.760. The summed E-state index contributed by atoms with van der Waals surface area (Å²) in [4.78, 5) is 0. The largest absolute Gasteiger partial charge is 0.492 e. The van der Waals surface area contributed by atoms with Crippen molar-refractivity contribution in [3.05, 3.63) is 47.2 Å². The van der Waals surface area contributed by atoms with Crippen molar-refractivity contribution in [2.24, 2.45) is 0 Å². The molecule has 2 rings (SSSR count). The summed E-state index contributed by atoms with van der Waals surface area (Å²) in [5, 5.41) is 8.12. The number of rotatable bonds is 8. The molecular weight excluding hydrogens is 274 g/mol. The average Bonchev–Trinajstić information content (AvgIpc) is 2.87. The first-order valence-corrected chi connectivity index (χ1v) is 7.26. The Balaban J connectivity index is 1.73. The molecule has 0 saturated heterocycles. The fourth-order valence-electron chi connectivity index (χ4n) is 1.83. The molecule has 0 saturated carbocycles. The lowest BCUT2D eigenvalue weighted by Gasteiger charge is -2.08. The fourth-order valence-corrected chi connectivity index (χ4v) is 1.99. The topological polar surface area (TPSA) is 39.1 Å². The lowest BCUT2D eigenvalue weighted by Crippen LogP contribution is -2.13. The van der Waals surface area contributed by atoms with Crippen molar-refractivity contribution in [2.75, 3.05) is 13.2 Å².